The Morgan fingerprint density at radius 2 is 1.87 bits per heavy atom. The molecule has 0 unspecified atom stereocenters. The first-order valence-corrected chi connectivity index (χ1v) is 11.9. The number of aromatic nitrogens is 2. The van der Waals surface area contributed by atoms with Crippen LogP contribution in [-0.4, -0.2) is 56.1 Å². The lowest BCUT2D eigenvalue weighted by molar-refractivity contribution is 0.193. The van der Waals surface area contributed by atoms with E-state index in [1.807, 2.05) is 12.1 Å². The minimum absolute atomic E-state index is 0.127. The van der Waals surface area contributed by atoms with Crippen LogP contribution in [0.15, 0.2) is 51.7 Å². The Hall–Kier alpha value is -2.85. The molecule has 3 aromatic rings. The van der Waals surface area contributed by atoms with Crippen LogP contribution in [0.2, 0.25) is 0 Å². The summed E-state index contributed by atoms with van der Waals surface area (Å²) in [4.78, 5) is 22.5. The second kappa shape index (κ2) is 9.11. The molecule has 0 atom stereocenters. The van der Waals surface area contributed by atoms with E-state index < -0.39 is 15.4 Å². The average Bonchev–Trinajstić information content (AvgIpc) is 2.70. The third kappa shape index (κ3) is 6.31. The number of hydrogen-bond donors (Lipinski definition) is 0. The van der Waals surface area contributed by atoms with Crippen LogP contribution in [0.1, 0.15) is 13.8 Å². The van der Waals surface area contributed by atoms with E-state index in [1.165, 1.54) is 17.7 Å². The van der Waals surface area contributed by atoms with Gasteiger partial charge in [-0.15, -0.1) is 11.3 Å². The van der Waals surface area contributed by atoms with Gasteiger partial charge in [0.1, 0.15) is 17.0 Å². The number of rotatable bonds is 8. The second-order valence-electron chi connectivity index (χ2n) is 8.05. The molecular formula is C21H24N4O4S2. The van der Waals surface area contributed by atoms with Crippen LogP contribution in [0.25, 0.3) is 20.8 Å². The first-order chi connectivity index (χ1) is 14.5. The lowest BCUT2D eigenvalue weighted by Crippen LogP contribution is -2.30. The third-order valence-electron chi connectivity index (χ3n) is 4.09. The highest BCUT2D eigenvalue weighted by molar-refractivity contribution is 7.90. The van der Waals surface area contributed by atoms with E-state index in [4.69, 9.17) is 4.74 Å². The summed E-state index contributed by atoms with van der Waals surface area (Å²) in [6.07, 6.45) is 1.26. The zero-order valence-corrected chi connectivity index (χ0v) is 19.4. The molecule has 0 saturated carbocycles. The highest BCUT2D eigenvalue weighted by Crippen LogP contribution is 2.27. The molecule has 8 nitrogen and oxygen atoms in total. The van der Waals surface area contributed by atoms with Gasteiger partial charge in [0.2, 0.25) is 5.88 Å². The fourth-order valence-electron chi connectivity index (χ4n) is 2.74. The quantitative estimate of drug-likeness (QED) is 0.376. The van der Waals surface area contributed by atoms with Crippen LogP contribution in [0.4, 0.5) is 0 Å². The lowest BCUT2D eigenvalue weighted by atomic mass is 9.98. The molecule has 0 aliphatic rings. The number of sulfonamides is 1. The first-order valence-electron chi connectivity index (χ1n) is 9.49. The van der Waals surface area contributed by atoms with Crippen molar-refractivity contribution in [3.63, 3.8) is 0 Å². The Morgan fingerprint density at radius 1 is 1.13 bits per heavy atom. The summed E-state index contributed by atoms with van der Waals surface area (Å²) < 4.78 is 34.7. The summed E-state index contributed by atoms with van der Waals surface area (Å²) in [5.41, 5.74) is -0.472. The van der Waals surface area contributed by atoms with Crippen LogP contribution >= 0.6 is 11.3 Å². The number of fused-ring (bicyclic) bond motifs is 1. The molecule has 3 rings (SSSR count). The molecule has 2 aromatic heterocycles. The van der Waals surface area contributed by atoms with E-state index in [9.17, 15) is 13.2 Å². The zero-order chi connectivity index (χ0) is 22.6. The Kier molecular flexibility index (Phi) is 6.71. The van der Waals surface area contributed by atoms with Crippen LogP contribution < -0.4 is 10.3 Å². The van der Waals surface area contributed by atoms with Crippen molar-refractivity contribution in [1.82, 2.24) is 14.9 Å². The van der Waals surface area contributed by atoms with Gasteiger partial charge in [0.15, 0.2) is 0 Å². The third-order valence-corrected chi connectivity index (χ3v) is 6.72. The van der Waals surface area contributed by atoms with Gasteiger partial charge in [-0.1, -0.05) is 32.0 Å². The van der Waals surface area contributed by atoms with E-state index in [0.29, 0.717) is 22.0 Å². The maximum absolute atomic E-state index is 12.3. The van der Waals surface area contributed by atoms with E-state index in [1.54, 1.807) is 63.2 Å². The Morgan fingerprint density at radius 3 is 2.61 bits per heavy atom. The van der Waals surface area contributed by atoms with Gasteiger partial charge in [-0.2, -0.15) is 9.38 Å². The van der Waals surface area contributed by atoms with Crippen molar-refractivity contribution < 1.29 is 13.2 Å². The van der Waals surface area contributed by atoms with Crippen LogP contribution in [0.5, 0.6) is 5.88 Å². The second-order valence-corrected chi connectivity index (χ2v) is 10.7. The maximum atomic E-state index is 12.3. The van der Waals surface area contributed by atoms with E-state index >= 15 is 0 Å². The fraction of sp³-hybridized carbons (Fsp3) is 0.333. The van der Waals surface area contributed by atoms with Gasteiger partial charge in [-0.3, -0.25) is 4.79 Å². The fourth-order valence-corrected chi connectivity index (χ4v) is 5.19. The molecule has 0 aliphatic heterocycles. The van der Waals surface area contributed by atoms with Gasteiger partial charge in [-0.05, 0) is 18.2 Å². The van der Waals surface area contributed by atoms with Crippen molar-refractivity contribution in [2.24, 2.45) is 9.81 Å². The predicted octanol–water partition coefficient (Wildman–Crippen LogP) is 3.04. The van der Waals surface area contributed by atoms with E-state index in [-0.39, 0.29) is 17.9 Å². The molecule has 2 heterocycles. The van der Waals surface area contributed by atoms with Gasteiger partial charge in [0.25, 0.3) is 15.6 Å². The summed E-state index contributed by atoms with van der Waals surface area (Å²) in [5.74, 6) is 0.159. The van der Waals surface area contributed by atoms with E-state index in [2.05, 4.69) is 14.4 Å². The predicted molar refractivity (Wildman–Crippen MR) is 124 cm³/mol. The molecule has 0 bridgehead atoms. The van der Waals surface area contributed by atoms with E-state index in [0.717, 1.165) is 4.70 Å². The smallest absolute Gasteiger partial charge is 0.279 e. The van der Waals surface area contributed by atoms with Gasteiger partial charge < -0.3 is 9.64 Å². The zero-order valence-electron chi connectivity index (χ0n) is 17.8. The Bertz CT molecular complexity index is 1270. The van der Waals surface area contributed by atoms with Crippen molar-refractivity contribution in [1.29, 1.82) is 0 Å². The molecule has 10 heteroatoms. The lowest BCUT2D eigenvalue weighted by Gasteiger charge is -2.23. The highest BCUT2D eigenvalue weighted by atomic mass is 32.2. The summed E-state index contributed by atoms with van der Waals surface area (Å²) in [6.45, 7) is 3.70. The molecule has 0 spiro atoms. The number of nitrogens with zero attached hydrogens (tertiary/aromatic N) is 4. The molecule has 1 aromatic carbocycles. The average molecular weight is 461 g/mol. The monoisotopic (exact) mass is 460 g/mol. The molecule has 0 radical (unpaired) electrons. The van der Waals surface area contributed by atoms with Crippen LogP contribution in [-0.2, 0) is 10.0 Å². The van der Waals surface area contributed by atoms with Crippen molar-refractivity contribution in [3.8, 4) is 16.6 Å². The summed E-state index contributed by atoms with van der Waals surface area (Å²) >= 11 is 1.37. The van der Waals surface area contributed by atoms with Crippen LogP contribution in [0, 0.1) is 5.41 Å². The SMILES string of the molecule is CN(C)/C=N/S(=O)(=O)CC(C)(C)COc1cccc(-c2nc(=O)c3ccccc3s2)n1. The Labute approximate surface area is 185 Å². The van der Waals surface area contributed by atoms with Gasteiger partial charge in [0.05, 0.1) is 17.7 Å². The largest absolute Gasteiger partial charge is 0.477 e. The molecule has 0 saturated heterocycles. The van der Waals surface area contributed by atoms with Crippen molar-refractivity contribution in [2.75, 3.05) is 26.5 Å². The molecular weight excluding hydrogens is 436 g/mol. The first kappa shape index (κ1) is 22.8. The number of pyridine rings is 1. The molecule has 0 aliphatic carbocycles. The standard InChI is InChI=1S/C21H24N4O4S2/c1-21(2,13-31(27,28)22-14-25(3)4)12-29-18-11-7-9-16(23-18)20-24-19(26)15-8-5-6-10-17(15)30-20/h5-11,14H,12-13H2,1-4H3/b22-14+. The normalized spacial score (nSPS) is 12.4. The molecule has 0 N–H and O–H groups in total. The van der Waals surface area contributed by atoms with Crippen molar-refractivity contribution in [3.05, 3.63) is 52.8 Å². The minimum Gasteiger partial charge on any atom is -0.477 e. The number of benzene rings is 1. The van der Waals surface area contributed by atoms with Crippen LogP contribution in [0.3, 0.4) is 0 Å². The van der Waals surface area contributed by atoms with Crippen molar-refractivity contribution >= 4 is 37.8 Å². The number of hydrogen-bond acceptors (Lipinski definition) is 7. The minimum atomic E-state index is -3.63. The molecule has 31 heavy (non-hydrogen) atoms. The number of ether oxygens (including phenoxy) is 1. The summed E-state index contributed by atoms with van der Waals surface area (Å²) in [5, 5.41) is 1.07. The topological polar surface area (TPSA) is 102 Å². The Balaban J connectivity index is 1.76. The summed E-state index contributed by atoms with van der Waals surface area (Å²) in [6, 6.07) is 12.5. The summed E-state index contributed by atoms with van der Waals surface area (Å²) in [7, 11) is -0.228. The molecule has 164 valence electrons. The maximum Gasteiger partial charge on any atom is 0.279 e. The van der Waals surface area contributed by atoms with Crippen molar-refractivity contribution in [2.45, 2.75) is 13.8 Å². The van der Waals surface area contributed by atoms with Gasteiger partial charge in [-0.25, -0.2) is 13.4 Å². The van der Waals surface area contributed by atoms with Gasteiger partial charge >= 0.3 is 0 Å². The molecule has 0 amide bonds. The van der Waals surface area contributed by atoms with Gasteiger partial charge in [0, 0.05) is 30.3 Å². The molecule has 0 fully saturated rings. The highest BCUT2D eigenvalue weighted by Gasteiger charge is 2.27.